The number of carbonyl (C=O) groups is 2. The molecule has 0 spiro atoms. The standard InChI is InChI=1S/C24H27F3N2O5/c1-15(30)17-5-3-4-16(12-17)14-33-19-8-6-18(7-9-19)28-23(31)29-21-13-20(34-24(25,26)27)10-11-22(21)32-2/h3-5,10-13,18-19H,6-9,14H2,1-2H3,(H2,28,29,31). The minimum absolute atomic E-state index is 0.00364. The lowest BCUT2D eigenvalue weighted by atomic mass is 9.93. The second-order valence-electron chi connectivity index (χ2n) is 8.05. The molecule has 0 saturated heterocycles. The van der Waals surface area contributed by atoms with Crippen molar-refractivity contribution in [1.82, 2.24) is 5.32 Å². The van der Waals surface area contributed by atoms with Gasteiger partial charge in [0.05, 0.1) is 25.5 Å². The van der Waals surface area contributed by atoms with E-state index in [9.17, 15) is 22.8 Å². The maximum atomic E-state index is 12.5. The number of urea groups is 1. The van der Waals surface area contributed by atoms with Gasteiger partial charge in [0.15, 0.2) is 5.78 Å². The summed E-state index contributed by atoms with van der Waals surface area (Å²) in [6.07, 6.45) is -1.92. The number of benzene rings is 2. The van der Waals surface area contributed by atoms with Crippen LogP contribution in [-0.2, 0) is 11.3 Å². The van der Waals surface area contributed by atoms with Gasteiger partial charge in [0.25, 0.3) is 0 Å². The number of amides is 2. The summed E-state index contributed by atoms with van der Waals surface area (Å²) in [6, 6.07) is 10.1. The van der Waals surface area contributed by atoms with Crippen molar-refractivity contribution in [1.29, 1.82) is 0 Å². The van der Waals surface area contributed by atoms with Gasteiger partial charge < -0.3 is 24.8 Å². The van der Waals surface area contributed by atoms with Gasteiger partial charge in [-0.15, -0.1) is 13.2 Å². The molecule has 34 heavy (non-hydrogen) atoms. The van der Waals surface area contributed by atoms with Gasteiger partial charge in [-0.1, -0.05) is 18.2 Å². The molecule has 184 valence electrons. The molecule has 0 atom stereocenters. The van der Waals surface area contributed by atoms with E-state index in [1.54, 1.807) is 6.07 Å². The smallest absolute Gasteiger partial charge is 0.495 e. The van der Waals surface area contributed by atoms with E-state index < -0.39 is 18.1 Å². The third-order valence-corrected chi connectivity index (χ3v) is 5.48. The fraction of sp³-hybridized carbons (Fsp3) is 0.417. The van der Waals surface area contributed by atoms with Crippen molar-refractivity contribution in [3.8, 4) is 11.5 Å². The number of hydrogen-bond donors (Lipinski definition) is 2. The summed E-state index contributed by atoms with van der Waals surface area (Å²) in [5.74, 6) is -0.255. The van der Waals surface area contributed by atoms with Gasteiger partial charge in [0.2, 0.25) is 0 Å². The third-order valence-electron chi connectivity index (χ3n) is 5.48. The Morgan fingerprint density at radius 2 is 1.79 bits per heavy atom. The van der Waals surface area contributed by atoms with Crippen molar-refractivity contribution < 1.29 is 37.0 Å². The Kier molecular flexibility index (Phi) is 8.38. The molecule has 2 aromatic carbocycles. The Balaban J connectivity index is 1.47. The van der Waals surface area contributed by atoms with Crippen molar-refractivity contribution in [3.63, 3.8) is 0 Å². The van der Waals surface area contributed by atoms with Crippen LogP contribution in [0.2, 0.25) is 0 Å². The van der Waals surface area contributed by atoms with Crippen LogP contribution in [0.3, 0.4) is 0 Å². The van der Waals surface area contributed by atoms with E-state index in [2.05, 4.69) is 15.4 Å². The van der Waals surface area contributed by atoms with Crippen LogP contribution in [0.4, 0.5) is 23.7 Å². The van der Waals surface area contributed by atoms with Gasteiger partial charge >= 0.3 is 12.4 Å². The molecule has 0 aromatic heterocycles. The summed E-state index contributed by atoms with van der Waals surface area (Å²) < 4.78 is 52.4. The Hall–Kier alpha value is -3.27. The maximum absolute atomic E-state index is 12.5. The molecule has 2 N–H and O–H groups in total. The lowest BCUT2D eigenvalue weighted by molar-refractivity contribution is -0.274. The molecule has 2 amide bonds. The van der Waals surface area contributed by atoms with Crippen molar-refractivity contribution in [2.75, 3.05) is 12.4 Å². The first-order chi connectivity index (χ1) is 16.1. The lowest BCUT2D eigenvalue weighted by Gasteiger charge is -2.29. The second-order valence-corrected chi connectivity index (χ2v) is 8.05. The van der Waals surface area contributed by atoms with Crippen molar-refractivity contribution >= 4 is 17.5 Å². The zero-order valence-electron chi connectivity index (χ0n) is 18.9. The van der Waals surface area contributed by atoms with E-state index in [4.69, 9.17) is 9.47 Å². The summed E-state index contributed by atoms with van der Waals surface area (Å²) in [6.45, 7) is 1.92. The molecule has 1 fully saturated rings. The number of nitrogens with one attached hydrogen (secondary N) is 2. The fourth-order valence-corrected chi connectivity index (χ4v) is 3.79. The Morgan fingerprint density at radius 1 is 1.06 bits per heavy atom. The predicted octanol–water partition coefficient (Wildman–Crippen LogP) is 5.45. The van der Waals surface area contributed by atoms with Gasteiger partial charge in [-0.05, 0) is 56.4 Å². The zero-order chi connectivity index (χ0) is 24.7. The van der Waals surface area contributed by atoms with E-state index in [1.165, 1.54) is 20.1 Å². The van der Waals surface area contributed by atoms with Crippen LogP contribution in [0.1, 0.15) is 48.5 Å². The van der Waals surface area contributed by atoms with Crippen LogP contribution >= 0.6 is 0 Å². The van der Waals surface area contributed by atoms with Gasteiger partial charge in [-0.25, -0.2) is 4.79 Å². The van der Waals surface area contributed by atoms with E-state index in [1.807, 2.05) is 18.2 Å². The number of rotatable bonds is 8. The molecule has 7 nitrogen and oxygen atoms in total. The van der Waals surface area contributed by atoms with Crippen molar-refractivity contribution in [3.05, 3.63) is 53.6 Å². The van der Waals surface area contributed by atoms with Gasteiger partial charge in [-0.3, -0.25) is 4.79 Å². The second kappa shape index (κ2) is 11.2. The van der Waals surface area contributed by atoms with Gasteiger partial charge in [-0.2, -0.15) is 0 Å². The van der Waals surface area contributed by atoms with E-state index >= 15 is 0 Å². The minimum atomic E-state index is -4.84. The van der Waals surface area contributed by atoms with E-state index in [0.717, 1.165) is 30.5 Å². The molecule has 1 saturated carbocycles. The molecule has 0 bridgehead atoms. The van der Waals surface area contributed by atoms with Gasteiger partial charge in [0.1, 0.15) is 11.5 Å². The van der Waals surface area contributed by atoms with Crippen LogP contribution in [0, 0.1) is 0 Å². The number of ketones is 1. The van der Waals surface area contributed by atoms with E-state index in [0.29, 0.717) is 25.0 Å². The maximum Gasteiger partial charge on any atom is 0.573 e. The summed E-state index contributed by atoms with van der Waals surface area (Å²) in [4.78, 5) is 23.9. The molecule has 10 heteroatoms. The number of ether oxygens (including phenoxy) is 3. The number of methoxy groups -OCH3 is 1. The Morgan fingerprint density at radius 3 is 2.44 bits per heavy atom. The molecule has 0 unspecified atom stereocenters. The number of Topliss-reactive ketones (excluding diaryl/α,β-unsaturated/α-hetero) is 1. The fourth-order valence-electron chi connectivity index (χ4n) is 3.79. The molecule has 3 rings (SSSR count). The zero-order valence-corrected chi connectivity index (χ0v) is 18.9. The summed E-state index contributed by atoms with van der Waals surface area (Å²) in [5, 5.41) is 5.36. The largest absolute Gasteiger partial charge is 0.573 e. The first-order valence-corrected chi connectivity index (χ1v) is 10.9. The summed E-state index contributed by atoms with van der Waals surface area (Å²) in [5.41, 5.74) is 1.64. The van der Waals surface area contributed by atoms with Crippen LogP contribution in [0.15, 0.2) is 42.5 Å². The molecule has 1 aliphatic carbocycles. The molecule has 0 aliphatic heterocycles. The number of hydrogen-bond acceptors (Lipinski definition) is 5. The monoisotopic (exact) mass is 480 g/mol. The quantitative estimate of drug-likeness (QED) is 0.491. The highest BCUT2D eigenvalue weighted by Gasteiger charge is 2.31. The molecule has 1 aliphatic rings. The van der Waals surface area contributed by atoms with E-state index in [-0.39, 0.29) is 29.4 Å². The molecule has 0 heterocycles. The number of anilines is 1. The number of alkyl halides is 3. The number of halogens is 3. The van der Waals surface area contributed by atoms with Gasteiger partial charge in [0, 0.05) is 17.7 Å². The average molecular weight is 480 g/mol. The van der Waals surface area contributed by atoms with Crippen LogP contribution in [0.5, 0.6) is 11.5 Å². The third kappa shape index (κ3) is 7.65. The van der Waals surface area contributed by atoms with Crippen LogP contribution in [-0.4, -0.2) is 37.4 Å². The number of carbonyl (C=O) groups excluding carboxylic acids is 2. The molecular formula is C24H27F3N2O5. The average Bonchev–Trinajstić information content (AvgIpc) is 2.78. The van der Waals surface area contributed by atoms with Crippen LogP contribution < -0.4 is 20.1 Å². The first-order valence-electron chi connectivity index (χ1n) is 10.9. The first kappa shape index (κ1) is 25.4. The molecule has 2 aromatic rings. The Labute approximate surface area is 195 Å². The highest BCUT2D eigenvalue weighted by Crippen LogP contribution is 2.32. The lowest BCUT2D eigenvalue weighted by Crippen LogP contribution is -2.41. The predicted molar refractivity (Wildman–Crippen MR) is 119 cm³/mol. The molecular weight excluding hydrogens is 453 g/mol. The highest BCUT2D eigenvalue weighted by atomic mass is 19.4. The summed E-state index contributed by atoms with van der Waals surface area (Å²) >= 11 is 0. The van der Waals surface area contributed by atoms with Crippen molar-refractivity contribution in [2.24, 2.45) is 0 Å². The van der Waals surface area contributed by atoms with Crippen LogP contribution in [0.25, 0.3) is 0 Å². The minimum Gasteiger partial charge on any atom is -0.495 e. The SMILES string of the molecule is COc1ccc(OC(F)(F)F)cc1NC(=O)NC1CCC(OCc2cccc(C(C)=O)c2)CC1. The van der Waals surface area contributed by atoms with Crippen molar-refractivity contribution in [2.45, 2.75) is 57.7 Å². The highest BCUT2D eigenvalue weighted by molar-refractivity contribution is 5.94. The molecule has 0 radical (unpaired) electrons. The normalized spacial score (nSPS) is 18.1. The Bertz CT molecular complexity index is 1000. The summed E-state index contributed by atoms with van der Waals surface area (Å²) in [7, 11) is 1.35. The topological polar surface area (TPSA) is 85.9 Å².